The Bertz CT molecular complexity index is 768. The minimum Gasteiger partial charge on any atom is -0.343 e. The lowest BCUT2D eigenvalue weighted by molar-refractivity contribution is 0.820. The van der Waals surface area contributed by atoms with Crippen LogP contribution >= 0.6 is 0 Å². The van der Waals surface area contributed by atoms with E-state index in [1.54, 1.807) is 0 Å². The third-order valence-electron chi connectivity index (χ3n) is 4.13. The Kier molecular flexibility index (Phi) is 3.80. The predicted octanol–water partition coefficient (Wildman–Crippen LogP) is 3.81. The van der Waals surface area contributed by atoms with Crippen LogP contribution in [-0.4, -0.2) is 11.1 Å². The number of aromatic nitrogens is 1. The molecular weight excluding hydrogens is 256 g/mol. The molecule has 0 aliphatic rings. The van der Waals surface area contributed by atoms with Crippen molar-refractivity contribution in [1.29, 1.82) is 0 Å². The molecule has 2 heteroatoms. The topological polar surface area (TPSA) is 30.9 Å². The van der Waals surface area contributed by atoms with Gasteiger partial charge >= 0.3 is 0 Å². The Hall–Kier alpha value is -2.06. The summed E-state index contributed by atoms with van der Waals surface area (Å²) in [5.41, 5.74) is 12.4. The fraction of sp³-hybridized carbons (Fsp3) is 0.263. The summed E-state index contributed by atoms with van der Waals surface area (Å²) in [5, 5.41) is 1.33. The lowest BCUT2D eigenvalue weighted by Crippen LogP contribution is -2.03. The van der Waals surface area contributed by atoms with Crippen LogP contribution in [0.2, 0.25) is 0 Å². The summed E-state index contributed by atoms with van der Waals surface area (Å²) in [6.07, 6.45) is 3.19. The molecule has 2 nitrogen and oxygen atoms in total. The Morgan fingerprint density at radius 1 is 1.00 bits per heavy atom. The molecule has 1 heterocycles. The van der Waals surface area contributed by atoms with Crippen LogP contribution in [0.5, 0.6) is 0 Å². The maximum absolute atomic E-state index is 5.75. The molecule has 0 saturated heterocycles. The summed E-state index contributed by atoms with van der Waals surface area (Å²) < 4.78 is 2.35. The number of hydrogen-bond acceptors (Lipinski definition) is 1. The zero-order valence-electron chi connectivity index (χ0n) is 12.8. The molecule has 2 aromatic carbocycles. The third kappa shape index (κ3) is 2.72. The molecule has 3 rings (SSSR count). The molecule has 0 unspecified atom stereocenters. The van der Waals surface area contributed by atoms with Crippen molar-refractivity contribution in [1.82, 2.24) is 4.57 Å². The van der Waals surface area contributed by atoms with Crippen molar-refractivity contribution in [2.45, 2.75) is 26.8 Å². The van der Waals surface area contributed by atoms with Crippen LogP contribution in [0.3, 0.4) is 0 Å². The van der Waals surface area contributed by atoms with E-state index in [2.05, 4.69) is 67.1 Å². The monoisotopic (exact) mass is 278 g/mol. The van der Waals surface area contributed by atoms with E-state index in [-0.39, 0.29) is 0 Å². The average Bonchev–Trinajstić information content (AvgIpc) is 2.82. The molecule has 0 spiro atoms. The van der Waals surface area contributed by atoms with E-state index in [0.717, 1.165) is 13.0 Å². The van der Waals surface area contributed by atoms with Crippen LogP contribution in [-0.2, 0) is 13.0 Å². The quantitative estimate of drug-likeness (QED) is 0.773. The SMILES string of the molecule is Cc1ccc(C)c(Cn2cc(CCN)c3ccccc32)c1. The normalized spacial score (nSPS) is 11.2. The second kappa shape index (κ2) is 5.74. The van der Waals surface area contributed by atoms with Crippen molar-refractivity contribution in [3.63, 3.8) is 0 Å². The van der Waals surface area contributed by atoms with Gasteiger partial charge in [-0.2, -0.15) is 0 Å². The standard InChI is InChI=1S/C19H22N2/c1-14-7-8-15(2)17(11-14)13-21-12-16(9-10-20)18-5-3-4-6-19(18)21/h3-8,11-12H,9-10,13,20H2,1-2H3. The number of fused-ring (bicyclic) bond motifs is 1. The molecule has 108 valence electrons. The van der Waals surface area contributed by atoms with Crippen LogP contribution in [0, 0.1) is 13.8 Å². The summed E-state index contributed by atoms with van der Waals surface area (Å²) in [6.45, 7) is 5.94. The smallest absolute Gasteiger partial charge is 0.0486 e. The molecule has 21 heavy (non-hydrogen) atoms. The van der Waals surface area contributed by atoms with Gasteiger partial charge in [0.05, 0.1) is 0 Å². The third-order valence-corrected chi connectivity index (χ3v) is 4.13. The summed E-state index contributed by atoms with van der Waals surface area (Å²) in [5.74, 6) is 0. The first-order valence-corrected chi connectivity index (χ1v) is 7.52. The predicted molar refractivity (Wildman–Crippen MR) is 89.7 cm³/mol. The zero-order chi connectivity index (χ0) is 14.8. The van der Waals surface area contributed by atoms with Crippen LogP contribution in [0.1, 0.15) is 22.3 Å². The fourth-order valence-corrected chi connectivity index (χ4v) is 2.96. The molecule has 0 amide bonds. The van der Waals surface area contributed by atoms with Crippen LogP contribution in [0.15, 0.2) is 48.7 Å². The van der Waals surface area contributed by atoms with E-state index in [0.29, 0.717) is 6.54 Å². The summed E-state index contributed by atoms with van der Waals surface area (Å²) >= 11 is 0. The number of hydrogen-bond donors (Lipinski definition) is 1. The fourth-order valence-electron chi connectivity index (χ4n) is 2.96. The van der Waals surface area contributed by atoms with Gasteiger partial charge in [0.2, 0.25) is 0 Å². The molecule has 1 aromatic heterocycles. The average molecular weight is 278 g/mol. The van der Waals surface area contributed by atoms with Gasteiger partial charge in [0.1, 0.15) is 0 Å². The van der Waals surface area contributed by atoms with Crippen LogP contribution in [0.4, 0.5) is 0 Å². The highest BCUT2D eigenvalue weighted by Gasteiger charge is 2.09. The van der Waals surface area contributed by atoms with Crippen molar-refractivity contribution in [2.75, 3.05) is 6.54 Å². The molecule has 0 bridgehead atoms. The van der Waals surface area contributed by atoms with Gasteiger partial charge in [0.15, 0.2) is 0 Å². The summed E-state index contributed by atoms with van der Waals surface area (Å²) in [6, 6.07) is 15.3. The van der Waals surface area contributed by atoms with Gasteiger partial charge in [0.25, 0.3) is 0 Å². The zero-order valence-corrected chi connectivity index (χ0v) is 12.8. The van der Waals surface area contributed by atoms with Gasteiger partial charge in [-0.3, -0.25) is 0 Å². The van der Waals surface area contributed by atoms with Gasteiger partial charge in [-0.05, 0) is 49.6 Å². The van der Waals surface area contributed by atoms with Gasteiger partial charge < -0.3 is 10.3 Å². The number of nitrogens with two attached hydrogens (primary N) is 1. The largest absolute Gasteiger partial charge is 0.343 e. The summed E-state index contributed by atoms with van der Waals surface area (Å²) in [7, 11) is 0. The minimum atomic E-state index is 0.692. The highest BCUT2D eigenvalue weighted by molar-refractivity contribution is 5.84. The van der Waals surface area contributed by atoms with Crippen molar-refractivity contribution < 1.29 is 0 Å². The minimum absolute atomic E-state index is 0.692. The lowest BCUT2D eigenvalue weighted by Gasteiger charge is -2.09. The Morgan fingerprint density at radius 2 is 1.81 bits per heavy atom. The van der Waals surface area contributed by atoms with Gasteiger partial charge in [-0.25, -0.2) is 0 Å². The molecule has 2 N–H and O–H groups in total. The van der Waals surface area contributed by atoms with Crippen molar-refractivity contribution in [3.8, 4) is 0 Å². The van der Waals surface area contributed by atoms with Gasteiger partial charge in [0, 0.05) is 23.6 Å². The maximum atomic E-state index is 5.75. The summed E-state index contributed by atoms with van der Waals surface area (Å²) in [4.78, 5) is 0. The first-order valence-electron chi connectivity index (χ1n) is 7.52. The van der Waals surface area contributed by atoms with Crippen molar-refractivity contribution >= 4 is 10.9 Å². The molecule has 0 aliphatic carbocycles. The number of rotatable bonds is 4. The second-order valence-electron chi connectivity index (χ2n) is 5.77. The highest BCUT2D eigenvalue weighted by atomic mass is 15.0. The number of para-hydroxylation sites is 1. The van der Waals surface area contributed by atoms with Gasteiger partial charge in [-0.15, -0.1) is 0 Å². The van der Waals surface area contributed by atoms with E-state index < -0.39 is 0 Å². The number of nitrogens with zero attached hydrogens (tertiary/aromatic N) is 1. The van der Waals surface area contributed by atoms with E-state index in [4.69, 9.17) is 5.73 Å². The first-order chi connectivity index (χ1) is 10.2. The highest BCUT2D eigenvalue weighted by Crippen LogP contribution is 2.23. The second-order valence-corrected chi connectivity index (χ2v) is 5.77. The van der Waals surface area contributed by atoms with E-state index in [9.17, 15) is 0 Å². The van der Waals surface area contributed by atoms with Crippen LogP contribution < -0.4 is 5.73 Å². The molecule has 0 radical (unpaired) electrons. The molecule has 0 fully saturated rings. The van der Waals surface area contributed by atoms with Crippen molar-refractivity contribution in [3.05, 3.63) is 70.9 Å². The van der Waals surface area contributed by atoms with E-state index in [1.165, 1.54) is 33.2 Å². The lowest BCUT2D eigenvalue weighted by atomic mass is 10.1. The molecule has 3 aromatic rings. The molecular formula is C19H22N2. The van der Waals surface area contributed by atoms with E-state index in [1.807, 2.05) is 0 Å². The Balaban J connectivity index is 2.06. The number of aryl methyl sites for hydroxylation is 2. The Morgan fingerprint density at radius 3 is 2.62 bits per heavy atom. The molecule has 0 atom stereocenters. The first kappa shape index (κ1) is 13.9. The molecule has 0 aliphatic heterocycles. The molecule has 0 saturated carbocycles. The van der Waals surface area contributed by atoms with Crippen LogP contribution in [0.25, 0.3) is 10.9 Å². The van der Waals surface area contributed by atoms with Gasteiger partial charge in [-0.1, -0.05) is 42.0 Å². The van der Waals surface area contributed by atoms with Crippen molar-refractivity contribution in [2.24, 2.45) is 5.73 Å². The maximum Gasteiger partial charge on any atom is 0.0486 e. The Labute approximate surface area is 126 Å². The van der Waals surface area contributed by atoms with E-state index >= 15 is 0 Å². The number of benzene rings is 2.